The van der Waals surface area contributed by atoms with Crippen LogP contribution in [0.3, 0.4) is 0 Å². The van der Waals surface area contributed by atoms with Crippen LogP contribution in [0.1, 0.15) is 48.9 Å². The van der Waals surface area contributed by atoms with Gasteiger partial charge >= 0.3 is 0 Å². The van der Waals surface area contributed by atoms with Crippen molar-refractivity contribution in [3.63, 3.8) is 0 Å². The van der Waals surface area contributed by atoms with E-state index in [9.17, 15) is 4.79 Å². The fourth-order valence-electron chi connectivity index (χ4n) is 2.03. The maximum atomic E-state index is 12.3. The van der Waals surface area contributed by atoms with Crippen LogP contribution in [-0.4, -0.2) is 25.7 Å². The van der Waals surface area contributed by atoms with Gasteiger partial charge in [0.1, 0.15) is 17.9 Å². The van der Waals surface area contributed by atoms with E-state index in [-0.39, 0.29) is 17.9 Å². The van der Waals surface area contributed by atoms with Gasteiger partial charge in [0.15, 0.2) is 12.1 Å². The molecule has 0 aliphatic rings. The molecule has 2 aromatic heterocycles. The molecule has 2 heterocycles. The lowest BCUT2D eigenvalue weighted by Crippen LogP contribution is -2.34. The number of carbonyl (C=O) groups excluding carboxylic acids is 1. The number of hydrogen-bond acceptors (Lipinski definition) is 5. The van der Waals surface area contributed by atoms with Gasteiger partial charge in [0.2, 0.25) is 0 Å². The molecule has 0 aromatic carbocycles. The quantitative estimate of drug-likeness (QED) is 0.895. The number of aryl methyl sites for hydroxylation is 2. The van der Waals surface area contributed by atoms with E-state index in [1.165, 1.54) is 12.7 Å². The molecule has 1 atom stereocenters. The molecule has 7 nitrogen and oxygen atoms in total. The third kappa shape index (κ3) is 2.71. The summed E-state index contributed by atoms with van der Waals surface area (Å²) in [7, 11) is 1.80. The molecule has 0 fully saturated rings. The third-order valence-electron chi connectivity index (χ3n) is 3.15. The highest BCUT2D eigenvalue weighted by atomic mass is 16.3. The Balaban J connectivity index is 2.21. The van der Waals surface area contributed by atoms with E-state index < -0.39 is 0 Å². The lowest BCUT2D eigenvalue weighted by molar-refractivity contribution is 0.0915. The maximum Gasteiger partial charge on any atom is 0.274 e. The molecule has 20 heavy (non-hydrogen) atoms. The van der Waals surface area contributed by atoms with Crippen LogP contribution < -0.4 is 5.32 Å². The van der Waals surface area contributed by atoms with Crippen molar-refractivity contribution >= 4 is 5.91 Å². The molecule has 7 heteroatoms. The largest absolute Gasteiger partial charge is 0.448 e. The van der Waals surface area contributed by atoms with E-state index in [1.807, 2.05) is 20.8 Å². The first-order chi connectivity index (χ1) is 9.54. The smallest absolute Gasteiger partial charge is 0.274 e. The Bertz CT molecular complexity index is 587. The summed E-state index contributed by atoms with van der Waals surface area (Å²) in [5.74, 6) is 1.23. The first kappa shape index (κ1) is 14.2. The molecule has 0 saturated heterocycles. The molecule has 108 valence electrons. The van der Waals surface area contributed by atoms with Gasteiger partial charge in [-0.2, -0.15) is 5.10 Å². The Morgan fingerprint density at radius 3 is 2.75 bits per heavy atom. The molecular weight excluding hydrogens is 258 g/mol. The minimum absolute atomic E-state index is 0.179. The van der Waals surface area contributed by atoms with Gasteiger partial charge in [-0.15, -0.1) is 0 Å². The number of rotatable bonds is 5. The van der Waals surface area contributed by atoms with Crippen molar-refractivity contribution in [2.75, 3.05) is 0 Å². The normalized spacial score (nSPS) is 12.7. The number of nitrogens with zero attached hydrogens (tertiary/aromatic N) is 4. The lowest BCUT2D eigenvalue weighted by Gasteiger charge is -2.21. The van der Waals surface area contributed by atoms with Gasteiger partial charge < -0.3 is 9.73 Å². The molecule has 1 amide bonds. The number of hydrogen-bond donors (Lipinski definition) is 1. The summed E-state index contributed by atoms with van der Waals surface area (Å²) < 4.78 is 6.85. The second-order valence-electron chi connectivity index (χ2n) is 4.91. The zero-order chi connectivity index (χ0) is 14.7. The van der Waals surface area contributed by atoms with E-state index in [2.05, 4.69) is 20.4 Å². The highest BCUT2D eigenvalue weighted by Gasteiger charge is 2.25. The second-order valence-corrected chi connectivity index (χ2v) is 4.91. The standard InChI is InChI=1S/C13H19N5O2/c1-5-9-11(15-7-20-9)13(19)17-10(8(2)3)12-14-6-16-18(12)4/h6-8,10H,5H2,1-4H3,(H,17,19)/t10-/m0/s1. The average molecular weight is 277 g/mol. The molecule has 0 unspecified atom stereocenters. The summed E-state index contributed by atoms with van der Waals surface area (Å²) in [5, 5.41) is 7.00. The average Bonchev–Trinajstić information content (AvgIpc) is 3.03. The molecular formula is C13H19N5O2. The summed E-state index contributed by atoms with van der Waals surface area (Å²) in [5.41, 5.74) is 0.334. The monoisotopic (exact) mass is 277 g/mol. The van der Waals surface area contributed by atoms with Gasteiger partial charge in [-0.3, -0.25) is 9.48 Å². The topological polar surface area (TPSA) is 85.8 Å². The molecule has 0 spiro atoms. The Morgan fingerprint density at radius 1 is 1.45 bits per heavy atom. The van der Waals surface area contributed by atoms with E-state index in [4.69, 9.17) is 4.42 Å². The van der Waals surface area contributed by atoms with Crippen molar-refractivity contribution in [3.8, 4) is 0 Å². The van der Waals surface area contributed by atoms with Crippen molar-refractivity contribution in [2.24, 2.45) is 13.0 Å². The molecule has 0 saturated carbocycles. The molecule has 2 rings (SSSR count). The Hall–Kier alpha value is -2.18. The van der Waals surface area contributed by atoms with Crippen molar-refractivity contribution in [1.82, 2.24) is 25.1 Å². The molecule has 0 radical (unpaired) electrons. The second kappa shape index (κ2) is 5.85. The van der Waals surface area contributed by atoms with E-state index in [1.54, 1.807) is 11.7 Å². The van der Waals surface area contributed by atoms with Crippen LogP contribution in [0.25, 0.3) is 0 Å². The minimum atomic E-state index is -0.252. The third-order valence-corrected chi connectivity index (χ3v) is 3.15. The zero-order valence-corrected chi connectivity index (χ0v) is 12.1. The number of oxazole rings is 1. The van der Waals surface area contributed by atoms with Gasteiger partial charge in [-0.25, -0.2) is 9.97 Å². The summed E-state index contributed by atoms with van der Waals surface area (Å²) in [6, 6.07) is -0.226. The van der Waals surface area contributed by atoms with Crippen LogP contribution in [0.15, 0.2) is 17.1 Å². The highest BCUT2D eigenvalue weighted by molar-refractivity contribution is 5.93. The first-order valence-corrected chi connectivity index (χ1v) is 6.61. The van der Waals surface area contributed by atoms with Crippen LogP contribution in [0.4, 0.5) is 0 Å². The van der Waals surface area contributed by atoms with Crippen LogP contribution in [-0.2, 0) is 13.5 Å². The summed E-state index contributed by atoms with van der Waals surface area (Å²) in [6.45, 7) is 5.95. The van der Waals surface area contributed by atoms with Crippen LogP contribution in [0.5, 0.6) is 0 Å². The molecule has 0 aliphatic heterocycles. The van der Waals surface area contributed by atoms with E-state index in [0.717, 1.165) is 5.82 Å². The van der Waals surface area contributed by atoms with E-state index >= 15 is 0 Å². The number of carbonyl (C=O) groups is 1. The predicted molar refractivity (Wildman–Crippen MR) is 71.9 cm³/mol. The van der Waals surface area contributed by atoms with Crippen molar-refractivity contribution < 1.29 is 9.21 Å². The zero-order valence-electron chi connectivity index (χ0n) is 12.1. The summed E-state index contributed by atoms with van der Waals surface area (Å²) in [6.07, 6.45) is 3.39. The maximum absolute atomic E-state index is 12.3. The highest BCUT2D eigenvalue weighted by Crippen LogP contribution is 2.20. The molecule has 0 bridgehead atoms. The van der Waals surface area contributed by atoms with Crippen molar-refractivity contribution in [3.05, 3.63) is 30.0 Å². The van der Waals surface area contributed by atoms with E-state index in [0.29, 0.717) is 17.9 Å². The predicted octanol–water partition coefficient (Wildman–Crippen LogP) is 1.49. The van der Waals surface area contributed by atoms with Gasteiger partial charge in [0, 0.05) is 13.5 Å². The Kier molecular flexibility index (Phi) is 4.16. The van der Waals surface area contributed by atoms with Gasteiger partial charge in [-0.05, 0) is 5.92 Å². The van der Waals surface area contributed by atoms with Crippen LogP contribution >= 0.6 is 0 Å². The van der Waals surface area contributed by atoms with Gasteiger partial charge in [0.25, 0.3) is 5.91 Å². The van der Waals surface area contributed by atoms with Crippen LogP contribution in [0, 0.1) is 5.92 Å². The SMILES string of the molecule is CCc1ocnc1C(=O)N[C@H](c1ncnn1C)C(C)C. The van der Waals surface area contributed by atoms with Crippen molar-refractivity contribution in [2.45, 2.75) is 33.2 Å². The minimum Gasteiger partial charge on any atom is -0.448 e. The molecule has 1 N–H and O–H groups in total. The Morgan fingerprint density at radius 2 is 2.20 bits per heavy atom. The first-order valence-electron chi connectivity index (χ1n) is 6.61. The fourth-order valence-corrected chi connectivity index (χ4v) is 2.03. The number of nitrogens with one attached hydrogen (secondary N) is 1. The van der Waals surface area contributed by atoms with Crippen LogP contribution in [0.2, 0.25) is 0 Å². The molecule has 2 aromatic rings. The molecule has 0 aliphatic carbocycles. The van der Waals surface area contributed by atoms with Gasteiger partial charge in [-0.1, -0.05) is 20.8 Å². The fraction of sp³-hybridized carbons (Fsp3) is 0.538. The Labute approximate surface area is 117 Å². The van der Waals surface area contributed by atoms with Gasteiger partial charge in [0.05, 0.1) is 6.04 Å². The summed E-state index contributed by atoms with van der Waals surface area (Å²) >= 11 is 0. The van der Waals surface area contributed by atoms with Crippen molar-refractivity contribution in [1.29, 1.82) is 0 Å². The lowest BCUT2D eigenvalue weighted by atomic mass is 10.0. The number of amides is 1. The number of aromatic nitrogens is 4. The summed E-state index contributed by atoms with van der Waals surface area (Å²) in [4.78, 5) is 20.5.